The summed E-state index contributed by atoms with van der Waals surface area (Å²) in [6, 6.07) is 19.4. The smallest absolute Gasteiger partial charge is 0.176 e. The van der Waals surface area contributed by atoms with Gasteiger partial charge in [0, 0.05) is 27.3 Å². The fraction of sp³-hybridized carbons (Fsp3) is 0.0476. The first-order valence-electron chi connectivity index (χ1n) is 8.72. The van der Waals surface area contributed by atoms with E-state index in [1.807, 2.05) is 36.4 Å². The number of benzene rings is 3. The van der Waals surface area contributed by atoms with Crippen molar-refractivity contribution < 1.29 is 0 Å². The maximum Gasteiger partial charge on any atom is 0.176 e. The van der Waals surface area contributed by atoms with Crippen LogP contribution >= 0.6 is 47.0 Å². The van der Waals surface area contributed by atoms with Crippen molar-refractivity contribution in [1.29, 1.82) is 0 Å². The minimum atomic E-state index is 0.401. The van der Waals surface area contributed by atoms with E-state index in [0.29, 0.717) is 32.5 Å². The topological polar surface area (TPSA) is 41.9 Å². The molecule has 0 aliphatic heterocycles. The lowest BCUT2D eigenvalue weighted by Gasteiger charge is -2.11. The van der Waals surface area contributed by atoms with E-state index >= 15 is 0 Å². The highest BCUT2D eigenvalue weighted by Crippen LogP contribution is 2.26. The zero-order chi connectivity index (χ0) is 20.4. The highest BCUT2D eigenvalue weighted by molar-refractivity contribution is 7.80. The van der Waals surface area contributed by atoms with E-state index in [0.717, 1.165) is 22.0 Å². The second kappa shape index (κ2) is 8.59. The first-order chi connectivity index (χ1) is 14.0. The molecule has 2 N–H and O–H groups in total. The molecular weight excluding hydrogens is 447 g/mol. The van der Waals surface area contributed by atoms with E-state index in [2.05, 4.69) is 27.9 Å². The summed E-state index contributed by atoms with van der Waals surface area (Å²) in [6.07, 6.45) is 1.72. The number of hydrogen-bond acceptors (Lipinski definition) is 2. The van der Waals surface area contributed by atoms with Crippen LogP contribution in [0.5, 0.6) is 0 Å². The molecule has 4 rings (SSSR count). The Bertz CT molecular complexity index is 1200. The Morgan fingerprint density at radius 2 is 1.72 bits per heavy atom. The number of thiocarbonyl (C=S) groups is 1. The second-order valence-corrected chi connectivity index (χ2v) is 8.02. The third kappa shape index (κ3) is 4.65. The lowest BCUT2D eigenvalue weighted by atomic mass is 10.1. The molecule has 0 aliphatic rings. The van der Waals surface area contributed by atoms with Crippen LogP contribution in [0.4, 0.5) is 11.5 Å². The van der Waals surface area contributed by atoms with Gasteiger partial charge in [0.05, 0.1) is 6.54 Å². The highest BCUT2D eigenvalue weighted by Gasteiger charge is 2.11. The van der Waals surface area contributed by atoms with Crippen LogP contribution in [0.3, 0.4) is 0 Å². The number of anilines is 2. The van der Waals surface area contributed by atoms with Gasteiger partial charge in [-0.25, -0.2) is 0 Å². The van der Waals surface area contributed by atoms with Crippen molar-refractivity contribution >= 4 is 74.4 Å². The van der Waals surface area contributed by atoms with Crippen molar-refractivity contribution in [2.45, 2.75) is 6.54 Å². The molecule has 3 aromatic carbocycles. The third-order valence-electron chi connectivity index (χ3n) is 4.33. The zero-order valence-electron chi connectivity index (χ0n) is 15.0. The molecule has 0 radical (unpaired) electrons. The van der Waals surface area contributed by atoms with E-state index < -0.39 is 0 Å². The Hall–Kier alpha value is -2.31. The third-order valence-corrected chi connectivity index (χ3v) is 5.40. The molecule has 1 heterocycles. The summed E-state index contributed by atoms with van der Waals surface area (Å²) in [7, 11) is 0. The normalized spacial score (nSPS) is 10.9. The maximum absolute atomic E-state index is 6.33. The first kappa shape index (κ1) is 20.0. The van der Waals surface area contributed by atoms with Crippen molar-refractivity contribution in [2.24, 2.45) is 0 Å². The molecule has 8 heteroatoms. The number of halogens is 3. The van der Waals surface area contributed by atoms with Crippen LogP contribution in [0.1, 0.15) is 5.56 Å². The predicted octanol–water partition coefficient (Wildman–Crippen LogP) is 6.85. The van der Waals surface area contributed by atoms with Crippen LogP contribution < -0.4 is 10.6 Å². The summed E-state index contributed by atoms with van der Waals surface area (Å²) in [5, 5.41) is 15.0. The van der Waals surface area contributed by atoms with E-state index in [4.69, 9.17) is 47.0 Å². The molecule has 4 nitrogen and oxygen atoms in total. The van der Waals surface area contributed by atoms with Gasteiger partial charge in [-0.05, 0) is 41.4 Å². The van der Waals surface area contributed by atoms with E-state index in [1.165, 1.54) is 0 Å². The molecule has 0 amide bonds. The molecule has 146 valence electrons. The average molecular weight is 462 g/mol. The standard InChI is InChI=1S/C21H15Cl3N4S/c22-15-9-8-14(17(23)10-15)11-28-12-18(24)20(27-28)26-21(29)25-19-7-3-5-13-4-1-2-6-16(13)19/h1-10,12H,11H2,(H2,25,26,27,29). The van der Waals surface area contributed by atoms with Gasteiger partial charge in [-0.2, -0.15) is 5.10 Å². The van der Waals surface area contributed by atoms with Crippen LogP contribution in [0.25, 0.3) is 10.8 Å². The summed E-state index contributed by atoms with van der Waals surface area (Å²) in [5.41, 5.74) is 1.79. The number of nitrogens with zero attached hydrogens (tertiary/aromatic N) is 2. The molecule has 0 saturated heterocycles. The summed E-state index contributed by atoms with van der Waals surface area (Å²) in [5.74, 6) is 0.467. The molecule has 29 heavy (non-hydrogen) atoms. The quantitative estimate of drug-likeness (QED) is 0.326. The lowest BCUT2D eigenvalue weighted by molar-refractivity contribution is 0.690. The molecule has 0 atom stereocenters. The summed E-state index contributed by atoms with van der Waals surface area (Å²) >= 11 is 24.0. The summed E-state index contributed by atoms with van der Waals surface area (Å²) < 4.78 is 1.69. The molecule has 0 bridgehead atoms. The van der Waals surface area contributed by atoms with Gasteiger partial charge >= 0.3 is 0 Å². The van der Waals surface area contributed by atoms with Crippen molar-refractivity contribution in [1.82, 2.24) is 9.78 Å². The van der Waals surface area contributed by atoms with Gasteiger partial charge in [-0.15, -0.1) is 0 Å². The average Bonchev–Trinajstić information content (AvgIpc) is 3.03. The molecule has 0 aliphatic carbocycles. The number of hydrogen-bond donors (Lipinski definition) is 2. The van der Waals surface area contributed by atoms with Crippen molar-refractivity contribution in [3.05, 3.63) is 87.5 Å². The molecular formula is C21H15Cl3N4S. The van der Waals surface area contributed by atoms with Crippen LogP contribution in [-0.4, -0.2) is 14.9 Å². The summed E-state index contributed by atoms with van der Waals surface area (Å²) in [6.45, 7) is 0.459. The van der Waals surface area contributed by atoms with E-state index in [1.54, 1.807) is 23.0 Å². The van der Waals surface area contributed by atoms with Crippen molar-refractivity contribution in [3.8, 4) is 0 Å². The van der Waals surface area contributed by atoms with Gasteiger partial charge in [-0.1, -0.05) is 77.3 Å². The van der Waals surface area contributed by atoms with Gasteiger partial charge in [0.2, 0.25) is 0 Å². The fourth-order valence-corrected chi connectivity index (χ4v) is 3.86. The zero-order valence-corrected chi connectivity index (χ0v) is 18.1. The molecule has 4 aromatic rings. The monoisotopic (exact) mass is 460 g/mol. The molecule has 0 fully saturated rings. The van der Waals surface area contributed by atoms with Crippen molar-refractivity contribution in [2.75, 3.05) is 10.6 Å². The largest absolute Gasteiger partial charge is 0.332 e. The Morgan fingerprint density at radius 3 is 2.55 bits per heavy atom. The van der Waals surface area contributed by atoms with E-state index in [-0.39, 0.29) is 0 Å². The molecule has 1 aromatic heterocycles. The lowest BCUT2D eigenvalue weighted by Crippen LogP contribution is -2.20. The van der Waals surface area contributed by atoms with Crippen molar-refractivity contribution in [3.63, 3.8) is 0 Å². The Balaban J connectivity index is 1.48. The molecule has 0 spiro atoms. The van der Waals surface area contributed by atoms with Gasteiger partial charge < -0.3 is 10.6 Å². The number of aromatic nitrogens is 2. The molecule has 0 unspecified atom stereocenters. The number of fused-ring (bicyclic) bond motifs is 1. The van der Waals surface area contributed by atoms with Crippen LogP contribution in [0.15, 0.2) is 66.9 Å². The predicted molar refractivity (Wildman–Crippen MR) is 127 cm³/mol. The Kier molecular flexibility index (Phi) is 5.92. The maximum atomic E-state index is 6.33. The SMILES string of the molecule is S=C(Nc1nn(Cc2ccc(Cl)cc2Cl)cc1Cl)Nc1cccc2ccccc12. The van der Waals surface area contributed by atoms with Crippen LogP contribution in [0, 0.1) is 0 Å². The fourth-order valence-electron chi connectivity index (χ4n) is 2.98. The Labute approximate surface area is 188 Å². The first-order valence-corrected chi connectivity index (χ1v) is 10.3. The summed E-state index contributed by atoms with van der Waals surface area (Å²) in [4.78, 5) is 0. The Morgan fingerprint density at radius 1 is 0.931 bits per heavy atom. The minimum absolute atomic E-state index is 0.401. The second-order valence-electron chi connectivity index (χ2n) is 6.36. The number of nitrogens with one attached hydrogen (secondary N) is 2. The molecule has 0 saturated carbocycles. The van der Waals surface area contributed by atoms with E-state index in [9.17, 15) is 0 Å². The van der Waals surface area contributed by atoms with Gasteiger partial charge in [0.25, 0.3) is 0 Å². The number of rotatable bonds is 4. The van der Waals surface area contributed by atoms with Gasteiger partial charge in [0.1, 0.15) is 5.02 Å². The minimum Gasteiger partial charge on any atom is -0.332 e. The highest BCUT2D eigenvalue weighted by atomic mass is 35.5. The van der Waals surface area contributed by atoms with Gasteiger partial charge in [-0.3, -0.25) is 4.68 Å². The van der Waals surface area contributed by atoms with Gasteiger partial charge in [0.15, 0.2) is 10.9 Å². The van der Waals surface area contributed by atoms with Crippen LogP contribution in [0.2, 0.25) is 15.1 Å². The van der Waals surface area contributed by atoms with Crippen LogP contribution in [-0.2, 0) is 6.54 Å².